The van der Waals surface area contributed by atoms with Gasteiger partial charge >= 0.3 is 0 Å². The highest BCUT2D eigenvalue weighted by Crippen LogP contribution is 2.22. The van der Waals surface area contributed by atoms with E-state index in [1.165, 1.54) is 0 Å². The van der Waals surface area contributed by atoms with Gasteiger partial charge in [-0.05, 0) is 6.42 Å². The Hall–Kier alpha value is -0.390. The van der Waals surface area contributed by atoms with Gasteiger partial charge in [-0.25, -0.2) is 18.4 Å². The number of aromatic nitrogens is 2. The highest BCUT2D eigenvalue weighted by molar-refractivity contribution is 7.90. The summed E-state index contributed by atoms with van der Waals surface area (Å²) in [6.07, 6.45) is 1.56. The third kappa shape index (κ3) is 2.34. The van der Waals surface area contributed by atoms with E-state index in [0.29, 0.717) is 12.0 Å². The van der Waals surface area contributed by atoms with Gasteiger partial charge in [0.05, 0.1) is 0 Å². The minimum atomic E-state index is -3.46. The second-order valence-corrected chi connectivity index (χ2v) is 5.32. The van der Waals surface area contributed by atoms with E-state index < -0.39 is 9.84 Å². The van der Waals surface area contributed by atoms with Crippen LogP contribution in [0.4, 0.5) is 0 Å². The third-order valence-corrected chi connectivity index (χ3v) is 3.04. The molecule has 1 aromatic heterocycles. The molecule has 14 heavy (non-hydrogen) atoms. The zero-order chi connectivity index (χ0) is 10.9. The molecule has 0 atom stereocenters. The maximum absolute atomic E-state index is 11.1. The summed E-state index contributed by atoms with van der Waals surface area (Å²) in [5.41, 5.74) is 0.556. The van der Waals surface area contributed by atoms with Crippen LogP contribution in [-0.4, -0.2) is 24.6 Å². The maximum Gasteiger partial charge on any atom is 0.249 e. The SMILES string of the molecule is CCc1c(Cl)nc(S(C)(=O)=O)nc1Cl. The molecule has 0 bridgehead atoms. The van der Waals surface area contributed by atoms with Gasteiger partial charge in [-0.15, -0.1) is 0 Å². The third-order valence-electron chi connectivity index (χ3n) is 1.57. The number of rotatable bonds is 2. The Balaban J connectivity index is 3.43. The number of hydrogen-bond acceptors (Lipinski definition) is 4. The van der Waals surface area contributed by atoms with Gasteiger partial charge in [-0.3, -0.25) is 0 Å². The molecule has 0 aromatic carbocycles. The van der Waals surface area contributed by atoms with Crippen molar-refractivity contribution in [2.75, 3.05) is 6.26 Å². The average molecular weight is 255 g/mol. The molecule has 7 heteroatoms. The number of nitrogens with zero attached hydrogens (tertiary/aromatic N) is 2. The minimum Gasteiger partial charge on any atom is -0.221 e. The molecule has 0 saturated heterocycles. The Morgan fingerprint density at radius 1 is 1.21 bits per heavy atom. The molecule has 0 radical (unpaired) electrons. The van der Waals surface area contributed by atoms with Gasteiger partial charge in [-0.2, -0.15) is 0 Å². The lowest BCUT2D eigenvalue weighted by Gasteiger charge is -2.04. The first-order valence-corrected chi connectivity index (χ1v) is 6.43. The lowest BCUT2D eigenvalue weighted by atomic mass is 10.3. The molecule has 0 aliphatic carbocycles. The summed E-state index contributed by atoms with van der Waals surface area (Å²) < 4.78 is 22.2. The second-order valence-electron chi connectivity index (χ2n) is 2.69. The van der Waals surface area contributed by atoms with E-state index in [0.717, 1.165) is 6.26 Å². The molecule has 0 aliphatic rings. The van der Waals surface area contributed by atoms with Crippen LogP contribution in [0.1, 0.15) is 12.5 Å². The van der Waals surface area contributed by atoms with Crippen molar-refractivity contribution < 1.29 is 8.42 Å². The van der Waals surface area contributed by atoms with E-state index in [9.17, 15) is 8.42 Å². The largest absolute Gasteiger partial charge is 0.249 e. The number of hydrogen-bond donors (Lipinski definition) is 0. The molecule has 78 valence electrons. The maximum atomic E-state index is 11.1. The summed E-state index contributed by atoms with van der Waals surface area (Å²) >= 11 is 11.5. The summed E-state index contributed by atoms with van der Waals surface area (Å²) in [5.74, 6) is 0. The molecule has 0 N–H and O–H groups in total. The quantitative estimate of drug-likeness (QED) is 0.596. The molecule has 0 amide bonds. The Morgan fingerprint density at radius 3 is 1.93 bits per heavy atom. The molecule has 0 unspecified atom stereocenters. The average Bonchev–Trinajstić information content (AvgIpc) is 2.01. The summed E-state index contributed by atoms with van der Waals surface area (Å²) in [6.45, 7) is 1.83. The Labute approximate surface area is 92.2 Å². The predicted molar refractivity (Wildman–Crippen MR) is 54.5 cm³/mol. The lowest BCUT2D eigenvalue weighted by Crippen LogP contribution is -2.06. The summed E-state index contributed by atoms with van der Waals surface area (Å²) in [4.78, 5) is 7.32. The molecule has 0 spiro atoms. The standard InChI is InChI=1S/C7H8Cl2N2O2S/c1-3-4-5(8)10-7(11-6(4)9)14(2,12)13/h3H2,1-2H3. The highest BCUT2D eigenvalue weighted by atomic mass is 35.5. The summed E-state index contributed by atoms with van der Waals surface area (Å²) in [6, 6.07) is 0. The van der Waals surface area contributed by atoms with Gasteiger partial charge in [0.15, 0.2) is 0 Å². The minimum absolute atomic E-state index is 0.0907. The van der Waals surface area contributed by atoms with E-state index in [1.54, 1.807) is 0 Å². The summed E-state index contributed by atoms with van der Waals surface area (Å²) in [7, 11) is -3.46. The van der Waals surface area contributed by atoms with Crippen molar-refractivity contribution in [3.05, 3.63) is 15.9 Å². The molecular weight excluding hydrogens is 247 g/mol. The van der Waals surface area contributed by atoms with Gasteiger partial charge in [0.1, 0.15) is 10.3 Å². The van der Waals surface area contributed by atoms with Gasteiger partial charge in [0.25, 0.3) is 0 Å². The fourth-order valence-corrected chi connectivity index (χ4v) is 2.14. The topological polar surface area (TPSA) is 59.9 Å². The Kier molecular flexibility index (Phi) is 3.34. The summed E-state index contributed by atoms with van der Waals surface area (Å²) in [5, 5.41) is -0.162. The Morgan fingerprint density at radius 2 is 1.64 bits per heavy atom. The molecular formula is C7H8Cl2N2O2S. The van der Waals surface area contributed by atoms with Crippen LogP contribution in [-0.2, 0) is 16.3 Å². The van der Waals surface area contributed by atoms with Gasteiger partial charge in [0.2, 0.25) is 15.0 Å². The zero-order valence-corrected chi connectivity index (χ0v) is 9.91. The normalized spacial score (nSPS) is 11.7. The van der Waals surface area contributed by atoms with Crippen molar-refractivity contribution in [1.29, 1.82) is 0 Å². The van der Waals surface area contributed by atoms with E-state index in [4.69, 9.17) is 23.2 Å². The molecule has 0 fully saturated rings. The molecule has 0 saturated carbocycles. The molecule has 1 rings (SSSR count). The van der Waals surface area contributed by atoms with Crippen molar-refractivity contribution in [2.45, 2.75) is 18.5 Å². The van der Waals surface area contributed by atoms with E-state index in [1.807, 2.05) is 6.92 Å². The fourth-order valence-electron chi connectivity index (χ4n) is 0.871. The van der Waals surface area contributed by atoms with Crippen LogP contribution >= 0.6 is 23.2 Å². The van der Waals surface area contributed by atoms with E-state index in [-0.39, 0.29) is 15.5 Å². The number of halogens is 2. The van der Waals surface area contributed by atoms with Gasteiger partial charge in [-0.1, -0.05) is 30.1 Å². The van der Waals surface area contributed by atoms with Crippen LogP contribution in [0.15, 0.2) is 5.16 Å². The van der Waals surface area contributed by atoms with E-state index >= 15 is 0 Å². The lowest BCUT2D eigenvalue weighted by molar-refractivity contribution is 0.592. The zero-order valence-electron chi connectivity index (χ0n) is 7.58. The molecule has 4 nitrogen and oxygen atoms in total. The van der Waals surface area contributed by atoms with Crippen LogP contribution in [0.5, 0.6) is 0 Å². The molecule has 0 aliphatic heterocycles. The fraction of sp³-hybridized carbons (Fsp3) is 0.429. The van der Waals surface area contributed by atoms with Crippen LogP contribution < -0.4 is 0 Å². The number of sulfone groups is 1. The van der Waals surface area contributed by atoms with Crippen molar-refractivity contribution in [3.8, 4) is 0 Å². The van der Waals surface area contributed by atoms with Crippen molar-refractivity contribution in [3.63, 3.8) is 0 Å². The Bertz CT molecular complexity index is 436. The monoisotopic (exact) mass is 254 g/mol. The molecule has 1 heterocycles. The first-order chi connectivity index (χ1) is 6.36. The predicted octanol–water partition coefficient (Wildman–Crippen LogP) is 1.75. The van der Waals surface area contributed by atoms with Crippen LogP contribution in [0.25, 0.3) is 0 Å². The van der Waals surface area contributed by atoms with Crippen LogP contribution in [0, 0.1) is 0 Å². The van der Waals surface area contributed by atoms with Crippen LogP contribution in [0.3, 0.4) is 0 Å². The van der Waals surface area contributed by atoms with Crippen LogP contribution in [0.2, 0.25) is 10.3 Å². The highest BCUT2D eigenvalue weighted by Gasteiger charge is 2.16. The van der Waals surface area contributed by atoms with Gasteiger partial charge in [0, 0.05) is 11.8 Å². The smallest absolute Gasteiger partial charge is 0.221 e. The second kappa shape index (κ2) is 4.00. The first-order valence-electron chi connectivity index (χ1n) is 3.78. The van der Waals surface area contributed by atoms with Crippen molar-refractivity contribution >= 4 is 33.0 Å². The van der Waals surface area contributed by atoms with Crippen molar-refractivity contribution in [2.24, 2.45) is 0 Å². The molecule has 1 aromatic rings. The van der Waals surface area contributed by atoms with E-state index in [2.05, 4.69) is 9.97 Å². The van der Waals surface area contributed by atoms with Crippen molar-refractivity contribution in [1.82, 2.24) is 9.97 Å². The van der Waals surface area contributed by atoms with Gasteiger partial charge < -0.3 is 0 Å². The first kappa shape index (κ1) is 11.7.